The average Bonchev–Trinajstić information content (AvgIpc) is 3.06. The molecule has 2 aromatic rings. The fourth-order valence-corrected chi connectivity index (χ4v) is 4.03. The van der Waals surface area contributed by atoms with E-state index in [9.17, 15) is 13.6 Å². The van der Waals surface area contributed by atoms with Crippen LogP contribution in [0.1, 0.15) is 28.6 Å². The zero-order chi connectivity index (χ0) is 16.4. The SMILES string of the molecule is Cc1ccc(C2CCCN2CC(=O)Nc2cc(F)cc(F)c2)s1. The molecule has 1 aromatic heterocycles. The average molecular weight is 336 g/mol. The molecule has 0 spiro atoms. The molecular weight excluding hydrogens is 318 g/mol. The third kappa shape index (κ3) is 3.95. The number of halogens is 2. The quantitative estimate of drug-likeness (QED) is 0.911. The summed E-state index contributed by atoms with van der Waals surface area (Å²) in [4.78, 5) is 16.8. The fraction of sp³-hybridized carbons (Fsp3) is 0.353. The summed E-state index contributed by atoms with van der Waals surface area (Å²) in [6.45, 7) is 3.14. The number of rotatable bonds is 4. The number of hydrogen-bond donors (Lipinski definition) is 1. The first-order valence-corrected chi connectivity index (χ1v) is 8.39. The minimum atomic E-state index is -0.701. The van der Waals surface area contributed by atoms with E-state index in [0.717, 1.165) is 37.6 Å². The Bertz CT molecular complexity index is 696. The number of amides is 1. The lowest BCUT2D eigenvalue weighted by molar-refractivity contribution is -0.117. The smallest absolute Gasteiger partial charge is 0.238 e. The van der Waals surface area contributed by atoms with Crippen molar-refractivity contribution in [1.82, 2.24) is 4.90 Å². The number of aryl methyl sites for hydroxylation is 1. The van der Waals surface area contributed by atoms with Crippen LogP contribution in [0.4, 0.5) is 14.5 Å². The van der Waals surface area contributed by atoms with Gasteiger partial charge in [-0.3, -0.25) is 9.69 Å². The highest BCUT2D eigenvalue weighted by atomic mass is 32.1. The van der Waals surface area contributed by atoms with Gasteiger partial charge in [0.05, 0.1) is 6.54 Å². The predicted octanol–water partition coefficient (Wildman–Crippen LogP) is 4.11. The monoisotopic (exact) mass is 336 g/mol. The van der Waals surface area contributed by atoms with Crippen LogP contribution in [0.5, 0.6) is 0 Å². The highest BCUT2D eigenvalue weighted by Gasteiger charge is 2.28. The number of hydrogen-bond acceptors (Lipinski definition) is 3. The second-order valence-corrected chi connectivity index (χ2v) is 7.10. The summed E-state index contributed by atoms with van der Waals surface area (Å²) in [6, 6.07) is 7.47. The molecule has 122 valence electrons. The van der Waals surface area contributed by atoms with Crippen LogP contribution in [0.15, 0.2) is 30.3 Å². The number of benzene rings is 1. The molecule has 1 unspecified atom stereocenters. The van der Waals surface area contributed by atoms with Crippen LogP contribution in [-0.2, 0) is 4.79 Å². The van der Waals surface area contributed by atoms with E-state index in [2.05, 4.69) is 29.3 Å². The number of nitrogens with one attached hydrogen (secondary N) is 1. The van der Waals surface area contributed by atoms with Gasteiger partial charge in [-0.2, -0.15) is 0 Å². The van der Waals surface area contributed by atoms with E-state index in [0.29, 0.717) is 0 Å². The molecule has 1 N–H and O–H groups in total. The van der Waals surface area contributed by atoms with Gasteiger partial charge >= 0.3 is 0 Å². The Balaban J connectivity index is 1.64. The van der Waals surface area contributed by atoms with Crippen LogP contribution in [0.25, 0.3) is 0 Å². The van der Waals surface area contributed by atoms with Gasteiger partial charge in [0.2, 0.25) is 5.91 Å². The van der Waals surface area contributed by atoms with Gasteiger partial charge in [-0.15, -0.1) is 11.3 Å². The number of carbonyl (C=O) groups is 1. The van der Waals surface area contributed by atoms with Gasteiger partial charge in [-0.05, 0) is 50.6 Å². The summed E-state index contributed by atoms with van der Waals surface area (Å²) in [5.74, 6) is -1.66. The molecule has 2 heterocycles. The first-order chi connectivity index (χ1) is 11.0. The highest BCUT2D eigenvalue weighted by Crippen LogP contribution is 2.35. The van der Waals surface area contributed by atoms with E-state index in [4.69, 9.17) is 0 Å². The van der Waals surface area contributed by atoms with Gasteiger partial charge in [0.25, 0.3) is 0 Å². The molecule has 1 aliphatic heterocycles. The summed E-state index contributed by atoms with van der Waals surface area (Å²) >= 11 is 1.75. The van der Waals surface area contributed by atoms with Gasteiger partial charge < -0.3 is 5.32 Å². The van der Waals surface area contributed by atoms with Crippen molar-refractivity contribution in [3.63, 3.8) is 0 Å². The first kappa shape index (κ1) is 16.1. The van der Waals surface area contributed by atoms with Gasteiger partial charge in [-0.1, -0.05) is 0 Å². The maximum atomic E-state index is 13.2. The lowest BCUT2D eigenvalue weighted by atomic mass is 10.2. The van der Waals surface area contributed by atoms with Crippen LogP contribution in [-0.4, -0.2) is 23.9 Å². The Hall–Kier alpha value is -1.79. The molecule has 1 amide bonds. The van der Waals surface area contributed by atoms with Gasteiger partial charge in [0, 0.05) is 27.5 Å². The van der Waals surface area contributed by atoms with Crippen molar-refractivity contribution < 1.29 is 13.6 Å². The van der Waals surface area contributed by atoms with Crippen LogP contribution < -0.4 is 5.32 Å². The first-order valence-electron chi connectivity index (χ1n) is 7.57. The number of anilines is 1. The molecular formula is C17H18F2N2OS. The summed E-state index contributed by atoms with van der Waals surface area (Å²) in [6.07, 6.45) is 2.07. The zero-order valence-corrected chi connectivity index (χ0v) is 13.6. The third-order valence-corrected chi connectivity index (χ3v) is 5.05. The molecule has 1 fully saturated rings. The number of thiophene rings is 1. The number of nitrogens with zero attached hydrogens (tertiary/aromatic N) is 1. The Morgan fingerprint density at radius 1 is 1.30 bits per heavy atom. The molecule has 1 aromatic carbocycles. The van der Waals surface area contributed by atoms with Crippen molar-refractivity contribution in [2.24, 2.45) is 0 Å². The Kier molecular flexibility index (Phi) is 4.73. The maximum absolute atomic E-state index is 13.2. The van der Waals surface area contributed by atoms with E-state index >= 15 is 0 Å². The molecule has 0 saturated carbocycles. The van der Waals surface area contributed by atoms with Gasteiger partial charge in [0.15, 0.2) is 0 Å². The molecule has 1 aliphatic rings. The van der Waals surface area contributed by atoms with E-state index < -0.39 is 11.6 Å². The van der Waals surface area contributed by atoms with Crippen LogP contribution in [0.3, 0.4) is 0 Å². The van der Waals surface area contributed by atoms with Crippen molar-refractivity contribution in [1.29, 1.82) is 0 Å². The van der Waals surface area contributed by atoms with Crippen molar-refractivity contribution in [2.45, 2.75) is 25.8 Å². The number of likely N-dealkylation sites (tertiary alicyclic amines) is 1. The third-order valence-electron chi connectivity index (χ3n) is 3.95. The summed E-state index contributed by atoms with van der Waals surface area (Å²) in [7, 11) is 0. The van der Waals surface area contributed by atoms with Crippen molar-refractivity contribution >= 4 is 22.9 Å². The Labute approximate surface area is 137 Å². The lowest BCUT2D eigenvalue weighted by Crippen LogP contribution is -2.32. The van der Waals surface area contributed by atoms with Gasteiger partial charge in [0.1, 0.15) is 11.6 Å². The largest absolute Gasteiger partial charge is 0.325 e. The van der Waals surface area contributed by atoms with E-state index in [1.54, 1.807) is 11.3 Å². The van der Waals surface area contributed by atoms with Crippen molar-refractivity contribution in [3.8, 4) is 0 Å². The predicted molar refractivity (Wildman–Crippen MR) is 87.6 cm³/mol. The number of carbonyl (C=O) groups excluding carboxylic acids is 1. The lowest BCUT2D eigenvalue weighted by Gasteiger charge is -2.22. The standard InChI is InChI=1S/C17H18F2N2OS/c1-11-4-5-16(23-11)15-3-2-6-21(15)10-17(22)20-14-8-12(18)7-13(19)9-14/h4-5,7-9,15H,2-3,6,10H2,1H3,(H,20,22). The molecule has 6 heteroatoms. The molecule has 0 aliphatic carbocycles. The highest BCUT2D eigenvalue weighted by molar-refractivity contribution is 7.12. The molecule has 23 heavy (non-hydrogen) atoms. The summed E-state index contributed by atoms with van der Waals surface area (Å²) in [5.41, 5.74) is 0.148. The second-order valence-electron chi connectivity index (χ2n) is 5.78. The van der Waals surface area contributed by atoms with E-state index in [1.165, 1.54) is 9.75 Å². The van der Waals surface area contributed by atoms with Gasteiger partial charge in [-0.25, -0.2) is 8.78 Å². The minimum absolute atomic E-state index is 0.148. The summed E-state index contributed by atoms with van der Waals surface area (Å²) < 4.78 is 26.3. The molecule has 1 atom stereocenters. The summed E-state index contributed by atoms with van der Waals surface area (Å²) in [5, 5.41) is 2.57. The van der Waals surface area contributed by atoms with Crippen molar-refractivity contribution in [3.05, 3.63) is 51.7 Å². The topological polar surface area (TPSA) is 32.3 Å². The van der Waals surface area contributed by atoms with E-state index in [1.807, 2.05) is 0 Å². The Morgan fingerprint density at radius 2 is 2.04 bits per heavy atom. The normalized spacial score (nSPS) is 18.3. The molecule has 0 bridgehead atoms. The minimum Gasteiger partial charge on any atom is -0.325 e. The molecule has 1 saturated heterocycles. The molecule has 3 nitrogen and oxygen atoms in total. The van der Waals surface area contributed by atoms with Crippen LogP contribution in [0.2, 0.25) is 0 Å². The zero-order valence-electron chi connectivity index (χ0n) is 12.8. The molecule has 0 radical (unpaired) electrons. The Morgan fingerprint density at radius 3 is 2.70 bits per heavy atom. The van der Waals surface area contributed by atoms with Crippen LogP contribution in [0, 0.1) is 18.6 Å². The van der Waals surface area contributed by atoms with E-state index in [-0.39, 0.29) is 24.2 Å². The van der Waals surface area contributed by atoms with Crippen LogP contribution >= 0.6 is 11.3 Å². The fourth-order valence-electron chi connectivity index (χ4n) is 2.98. The van der Waals surface area contributed by atoms with Crippen molar-refractivity contribution in [2.75, 3.05) is 18.4 Å². The second kappa shape index (κ2) is 6.76. The molecule has 3 rings (SSSR count). The maximum Gasteiger partial charge on any atom is 0.238 e.